The van der Waals surface area contributed by atoms with E-state index in [4.69, 9.17) is 20.3 Å². The summed E-state index contributed by atoms with van der Waals surface area (Å²) >= 11 is 0. The van der Waals surface area contributed by atoms with E-state index in [9.17, 15) is 9.90 Å². The van der Waals surface area contributed by atoms with Gasteiger partial charge in [0.05, 0.1) is 37.7 Å². The van der Waals surface area contributed by atoms with Crippen LogP contribution in [0.5, 0.6) is 0 Å². The van der Waals surface area contributed by atoms with E-state index in [1.54, 1.807) is 7.11 Å². The maximum Gasteiger partial charge on any atom is 0.358 e. The zero-order chi connectivity index (χ0) is 15.1. The summed E-state index contributed by atoms with van der Waals surface area (Å²) < 4.78 is 11.5. The van der Waals surface area contributed by atoms with Gasteiger partial charge in [-0.15, -0.1) is 5.10 Å². The molecule has 1 heterocycles. The number of carboxylic acid groups (broad SMARTS) is 1. The Kier molecular flexibility index (Phi) is 6.52. The number of hydrogen-bond donors (Lipinski definition) is 3. The number of ether oxygens (including phenoxy) is 2. The van der Waals surface area contributed by atoms with Gasteiger partial charge in [-0.3, -0.25) is 0 Å². The second-order valence-corrected chi connectivity index (χ2v) is 4.33. The number of nitrogens with zero attached hydrogens (tertiary/aromatic N) is 3. The largest absolute Gasteiger partial charge is 0.476 e. The van der Waals surface area contributed by atoms with Crippen LogP contribution in [0.15, 0.2) is 0 Å². The van der Waals surface area contributed by atoms with Crippen LogP contribution in [0.4, 0.5) is 0 Å². The molecule has 1 aromatic rings. The first-order chi connectivity index (χ1) is 9.49. The van der Waals surface area contributed by atoms with Crippen LogP contribution < -0.4 is 5.73 Å². The van der Waals surface area contributed by atoms with Gasteiger partial charge in [-0.25, -0.2) is 9.48 Å². The van der Waals surface area contributed by atoms with Crippen LogP contribution in [-0.4, -0.2) is 63.7 Å². The molecule has 0 saturated carbocycles. The highest BCUT2D eigenvalue weighted by Crippen LogP contribution is 2.06. The normalized spacial score (nSPS) is 14.2. The summed E-state index contributed by atoms with van der Waals surface area (Å²) in [7, 11) is 1.56. The van der Waals surface area contributed by atoms with Gasteiger partial charge >= 0.3 is 5.97 Å². The van der Waals surface area contributed by atoms with Crippen LogP contribution in [-0.2, 0) is 22.6 Å². The molecule has 1 rings (SSSR count). The predicted octanol–water partition coefficient (Wildman–Crippen LogP) is -1.15. The van der Waals surface area contributed by atoms with Crippen LogP contribution in [0, 0.1) is 0 Å². The van der Waals surface area contributed by atoms with E-state index in [0.29, 0.717) is 6.61 Å². The van der Waals surface area contributed by atoms with Crippen molar-refractivity contribution in [3.63, 3.8) is 0 Å². The Morgan fingerprint density at radius 3 is 2.75 bits per heavy atom. The lowest BCUT2D eigenvalue weighted by atomic mass is 10.3. The topological polar surface area (TPSA) is 133 Å². The summed E-state index contributed by atoms with van der Waals surface area (Å²) in [6, 6.07) is 0. The molecule has 20 heavy (non-hydrogen) atoms. The molecule has 0 aliphatic carbocycles. The maximum absolute atomic E-state index is 10.9. The number of aromatic nitrogens is 3. The Morgan fingerprint density at radius 1 is 1.50 bits per heavy atom. The van der Waals surface area contributed by atoms with E-state index >= 15 is 0 Å². The van der Waals surface area contributed by atoms with Crippen LogP contribution in [0.25, 0.3) is 0 Å². The predicted molar refractivity (Wildman–Crippen MR) is 68.2 cm³/mol. The molecule has 114 valence electrons. The molecule has 4 N–H and O–H groups in total. The molecule has 0 aliphatic heterocycles. The van der Waals surface area contributed by atoms with Crippen molar-refractivity contribution < 1.29 is 24.5 Å². The summed E-state index contributed by atoms with van der Waals surface area (Å²) in [5.74, 6) is -1.20. The number of methoxy groups -OCH3 is 1. The lowest BCUT2D eigenvalue weighted by Crippen LogP contribution is -2.28. The third-order valence-electron chi connectivity index (χ3n) is 2.59. The van der Waals surface area contributed by atoms with Crippen LogP contribution in [0.3, 0.4) is 0 Å². The quantitative estimate of drug-likeness (QED) is 0.518. The number of aromatic carboxylic acids is 1. The summed E-state index contributed by atoms with van der Waals surface area (Å²) in [5, 5.41) is 26.0. The van der Waals surface area contributed by atoms with Crippen LogP contribution >= 0.6 is 0 Å². The summed E-state index contributed by atoms with van der Waals surface area (Å²) in [6.45, 7) is 2.36. The first kappa shape index (κ1) is 16.5. The number of aliphatic hydroxyl groups excluding tert-OH is 1. The second-order valence-electron chi connectivity index (χ2n) is 4.33. The van der Waals surface area contributed by atoms with E-state index in [-0.39, 0.29) is 37.2 Å². The smallest absolute Gasteiger partial charge is 0.358 e. The van der Waals surface area contributed by atoms with E-state index < -0.39 is 12.1 Å². The SMILES string of the molecule is COCC(C)OCC(O)Cn1nnc(C(=O)O)c1CN. The Bertz CT molecular complexity index is 436. The molecule has 0 aromatic carbocycles. The molecule has 2 atom stereocenters. The van der Waals surface area contributed by atoms with Gasteiger partial charge in [0, 0.05) is 13.7 Å². The summed E-state index contributed by atoms with van der Waals surface area (Å²) in [4.78, 5) is 10.9. The van der Waals surface area contributed by atoms with Crippen molar-refractivity contribution in [3.8, 4) is 0 Å². The molecule has 0 fully saturated rings. The van der Waals surface area contributed by atoms with E-state index in [1.807, 2.05) is 6.92 Å². The highest BCUT2D eigenvalue weighted by atomic mass is 16.5. The average Bonchev–Trinajstić information content (AvgIpc) is 2.79. The Labute approximate surface area is 116 Å². The van der Waals surface area contributed by atoms with Crippen molar-refractivity contribution in [2.75, 3.05) is 20.3 Å². The van der Waals surface area contributed by atoms with Crippen molar-refractivity contribution in [1.29, 1.82) is 0 Å². The first-order valence-corrected chi connectivity index (χ1v) is 6.13. The molecule has 9 nitrogen and oxygen atoms in total. The lowest BCUT2D eigenvalue weighted by Gasteiger charge is -2.16. The average molecular weight is 288 g/mol. The molecule has 2 unspecified atom stereocenters. The number of aliphatic hydroxyl groups is 1. The van der Waals surface area contributed by atoms with Crippen molar-refractivity contribution >= 4 is 5.97 Å². The molecule has 0 amide bonds. The molecule has 0 aliphatic rings. The zero-order valence-electron chi connectivity index (χ0n) is 11.5. The number of carboxylic acids is 1. The fourth-order valence-electron chi connectivity index (χ4n) is 1.66. The Hall–Kier alpha value is -1.55. The van der Waals surface area contributed by atoms with Gasteiger partial charge in [-0.2, -0.15) is 0 Å². The first-order valence-electron chi connectivity index (χ1n) is 6.13. The van der Waals surface area contributed by atoms with Gasteiger partial charge in [-0.05, 0) is 6.92 Å². The lowest BCUT2D eigenvalue weighted by molar-refractivity contribution is -0.0367. The fraction of sp³-hybridized carbons (Fsp3) is 0.727. The van der Waals surface area contributed by atoms with Gasteiger partial charge in [0.1, 0.15) is 0 Å². The van der Waals surface area contributed by atoms with Gasteiger partial charge in [0.2, 0.25) is 0 Å². The number of hydrogen-bond acceptors (Lipinski definition) is 7. The molecule has 0 bridgehead atoms. The highest BCUT2D eigenvalue weighted by molar-refractivity contribution is 5.86. The minimum atomic E-state index is -1.20. The third-order valence-corrected chi connectivity index (χ3v) is 2.59. The molecule has 0 spiro atoms. The van der Waals surface area contributed by atoms with E-state index in [1.165, 1.54) is 4.68 Å². The van der Waals surface area contributed by atoms with Crippen molar-refractivity contribution in [3.05, 3.63) is 11.4 Å². The van der Waals surface area contributed by atoms with Gasteiger partial charge < -0.3 is 25.4 Å². The highest BCUT2D eigenvalue weighted by Gasteiger charge is 2.19. The van der Waals surface area contributed by atoms with Gasteiger partial charge in [0.15, 0.2) is 5.69 Å². The minimum Gasteiger partial charge on any atom is -0.476 e. The number of rotatable bonds is 9. The number of carbonyl (C=O) groups is 1. The van der Waals surface area contributed by atoms with E-state index in [0.717, 1.165) is 0 Å². The summed E-state index contributed by atoms with van der Waals surface area (Å²) in [5.41, 5.74) is 5.54. The Balaban J connectivity index is 2.57. The van der Waals surface area contributed by atoms with Crippen molar-refractivity contribution in [2.24, 2.45) is 5.73 Å². The van der Waals surface area contributed by atoms with E-state index in [2.05, 4.69) is 10.3 Å². The molecular weight excluding hydrogens is 268 g/mol. The monoisotopic (exact) mass is 288 g/mol. The fourth-order valence-corrected chi connectivity index (χ4v) is 1.66. The maximum atomic E-state index is 10.9. The van der Waals surface area contributed by atoms with Crippen molar-refractivity contribution in [1.82, 2.24) is 15.0 Å². The molecule has 0 radical (unpaired) electrons. The summed E-state index contributed by atoms with van der Waals surface area (Å²) in [6.07, 6.45) is -0.989. The van der Waals surface area contributed by atoms with Crippen molar-refractivity contribution in [2.45, 2.75) is 32.2 Å². The van der Waals surface area contributed by atoms with Gasteiger partial charge in [-0.1, -0.05) is 5.21 Å². The van der Waals surface area contributed by atoms with Gasteiger partial charge in [0.25, 0.3) is 0 Å². The zero-order valence-corrected chi connectivity index (χ0v) is 11.5. The molecule has 1 aromatic heterocycles. The molecular formula is C11H20N4O5. The molecule has 0 saturated heterocycles. The second kappa shape index (κ2) is 7.90. The van der Waals surface area contributed by atoms with Crippen LogP contribution in [0.2, 0.25) is 0 Å². The third kappa shape index (κ3) is 4.53. The Morgan fingerprint density at radius 2 is 2.20 bits per heavy atom. The van der Waals surface area contributed by atoms with Crippen LogP contribution in [0.1, 0.15) is 23.1 Å². The standard InChI is InChI=1S/C11H20N4O5/c1-7(5-19-2)20-6-8(16)4-15-9(3-12)10(11(17)18)13-14-15/h7-8,16H,3-6,12H2,1-2H3,(H,17,18). The molecule has 9 heteroatoms. The number of nitrogens with two attached hydrogens (primary N) is 1. The minimum absolute atomic E-state index is 0.0255.